The molecule has 0 aliphatic carbocycles. The summed E-state index contributed by atoms with van der Waals surface area (Å²) >= 11 is 0. The topological polar surface area (TPSA) is 75.7 Å². The number of hydrogen-bond acceptors (Lipinski definition) is 4. The fourth-order valence-corrected chi connectivity index (χ4v) is 4.55. The highest BCUT2D eigenvalue weighted by Gasteiger charge is 2.24. The third kappa shape index (κ3) is 5.52. The normalized spacial score (nSPS) is 11.5. The smallest absolute Gasteiger partial charge is 0.258 e. The van der Waals surface area contributed by atoms with E-state index in [0.29, 0.717) is 6.07 Å². The molecule has 0 fully saturated rings. The minimum Gasteiger partial charge on any atom is -0.455 e. The minimum atomic E-state index is -3.88. The third-order valence-corrected chi connectivity index (χ3v) is 6.81. The number of benzene rings is 3. The number of ether oxygens (including phenoxy) is 1. The first-order valence-electron chi connectivity index (χ1n) is 9.99. The van der Waals surface area contributed by atoms with E-state index in [9.17, 15) is 26.4 Å². The van der Waals surface area contributed by atoms with Gasteiger partial charge in [-0.1, -0.05) is 13.8 Å². The molecule has 0 aliphatic heterocycles. The number of anilines is 1. The van der Waals surface area contributed by atoms with Gasteiger partial charge in [0.15, 0.2) is 5.75 Å². The van der Waals surface area contributed by atoms with Gasteiger partial charge in [-0.15, -0.1) is 0 Å². The van der Waals surface area contributed by atoms with E-state index >= 15 is 0 Å². The van der Waals surface area contributed by atoms with Gasteiger partial charge >= 0.3 is 0 Å². The highest BCUT2D eigenvalue weighted by atomic mass is 32.2. The lowest BCUT2D eigenvalue weighted by atomic mass is 10.2. The molecular formula is C23H21F3N2O4S. The van der Waals surface area contributed by atoms with Crippen molar-refractivity contribution in [3.8, 4) is 11.5 Å². The molecule has 0 atom stereocenters. The van der Waals surface area contributed by atoms with E-state index < -0.39 is 38.9 Å². The summed E-state index contributed by atoms with van der Waals surface area (Å²) in [6.07, 6.45) is 0. The monoisotopic (exact) mass is 478 g/mol. The summed E-state index contributed by atoms with van der Waals surface area (Å²) in [6, 6.07) is 11.3. The number of nitrogens with zero attached hydrogens (tertiary/aromatic N) is 1. The molecule has 33 heavy (non-hydrogen) atoms. The summed E-state index contributed by atoms with van der Waals surface area (Å²) in [5, 5.41) is 2.42. The van der Waals surface area contributed by atoms with Gasteiger partial charge in [0.05, 0.1) is 16.1 Å². The second kappa shape index (κ2) is 10.1. The molecule has 3 rings (SSSR count). The predicted octanol–water partition coefficient (Wildman–Crippen LogP) is 5.18. The van der Waals surface area contributed by atoms with Crippen LogP contribution in [-0.4, -0.2) is 31.7 Å². The van der Waals surface area contributed by atoms with Crippen LogP contribution in [0.25, 0.3) is 0 Å². The highest BCUT2D eigenvalue weighted by Crippen LogP contribution is 2.33. The van der Waals surface area contributed by atoms with Crippen molar-refractivity contribution in [1.29, 1.82) is 0 Å². The summed E-state index contributed by atoms with van der Waals surface area (Å²) in [4.78, 5) is 12.5. The molecule has 3 aromatic carbocycles. The Morgan fingerprint density at radius 3 is 2.15 bits per heavy atom. The van der Waals surface area contributed by atoms with Gasteiger partial charge in [0.25, 0.3) is 5.91 Å². The Hall–Kier alpha value is -3.37. The molecule has 0 aromatic heterocycles. The molecule has 1 N–H and O–H groups in total. The van der Waals surface area contributed by atoms with Crippen LogP contribution in [0.2, 0.25) is 0 Å². The second-order valence-corrected chi connectivity index (χ2v) is 8.82. The molecule has 0 saturated heterocycles. The fraction of sp³-hybridized carbons (Fsp3) is 0.174. The molecule has 1 amide bonds. The molecule has 0 spiro atoms. The second-order valence-electron chi connectivity index (χ2n) is 6.88. The first-order chi connectivity index (χ1) is 15.6. The van der Waals surface area contributed by atoms with E-state index in [2.05, 4.69) is 5.32 Å². The van der Waals surface area contributed by atoms with Crippen LogP contribution in [0.4, 0.5) is 18.9 Å². The molecule has 0 saturated carbocycles. The van der Waals surface area contributed by atoms with Crippen molar-refractivity contribution in [2.45, 2.75) is 18.7 Å². The summed E-state index contributed by atoms with van der Waals surface area (Å²) in [6.45, 7) is 3.84. The van der Waals surface area contributed by atoms with Crippen LogP contribution in [0.3, 0.4) is 0 Å². The Labute approximate surface area is 189 Å². The Morgan fingerprint density at radius 2 is 1.55 bits per heavy atom. The number of amides is 1. The lowest BCUT2D eigenvalue weighted by Crippen LogP contribution is -2.30. The Morgan fingerprint density at radius 1 is 0.909 bits per heavy atom. The third-order valence-electron chi connectivity index (χ3n) is 4.76. The summed E-state index contributed by atoms with van der Waals surface area (Å²) in [5.41, 5.74) is -0.512. The Kier molecular flexibility index (Phi) is 7.39. The van der Waals surface area contributed by atoms with Crippen molar-refractivity contribution in [3.63, 3.8) is 0 Å². The molecule has 0 bridgehead atoms. The number of halogens is 3. The van der Waals surface area contributed by atoms with Gasteiger partial charge in [0, 0.05) is 19.2 Å². The Bertz CT molecular complexity index is 1260. The number of carbonyl (C=O) groups excluding carboxylic acids is 1. The molecule has 6 nitrogen and oxygen atoms in total. The zero-order valence-electron chi connectivity index (χ0n) is 17.8. The van der Waals surface area contributed by atoms with Crippen LogP contribution in [0, 0.1) is 17.5 Å². The molecule has 0 heterocycles. The average Bonchev–Trinajstić information content (AvgIpc) is 2.77. The molecular weight excluding hydrogens is 457 g/mol. The molecule has 0 unspecified atom stereocenters. The van der Waals surface area contributed by atoms with E-state index in [1.807, 2.05) is 0 Å². The summed E-state index contributed by atoms with van der Waals surface area (Å²) in [7, 11) is -3.88. The van der Waals surface area contributed by atoms with Crippen LogP contribution >= 0.6 is 0 Å². The van der Waals surface area contributed by atoms with Crippen LogP contribution in [-0.2, 0) is 10.0 Å². The molecule has 3 aromatic rings. The fourth-order valence-electron chi connectivity index (χ4n) is 3.06. The lowest BCUT2D eigenvalue weighted by molar-refractivity contribution is 0.102. The van der Waals surface area contributed by atoms with E-state index in [1.165, 1.54) is 46.8 Å². The van der Waals surface area contributed by atoms with Gasteiger partial charge in [-0.25, -0.2) is 21.6 Å². The van der Waals surface area contributed by atoms with Crippen LogP contribution < -0.4 is 10.1 Å². The van der Waals surface area contributed by atoms with Gasteiger partial charge in [0.1, 0.15) is 23.2 Å². The van der Waals surface area contributed by atoms with E-state index in [0.717, 1.165) is 12.1 Å². The standard InChI is InChI=1S/C23H21F3N2O4S/c1-3-28(4-2)33(30,31)18-10-12-22(32-17-8-5-15(24)6-9-17)21(14-18)27-23(29)19-11-7-16(25)13-20(19)26/h5-14H,3-4H2,1-2H3,(H,27,29). The maximum absolute atomic E-state index is 14.1. The SMILES string of the molecule is CCN(CC)S(=O)(=O)c1ccc(Oc2ccc(F)cc2)c(NC(=O)c2ccc(F)cc2F)c1. The van der Waals surface area contributed by atoms with Crippen LogP contribution in [0.1, 0.15) is 24.2 Å². The van der Waals surface area contributed by atoms with Gasteiger partial charge in [0.2, 0.25) is 10.0 Å². The number of sulfonamides is 1. The minimum absolute atomic E-state index is 0.0379. The van der Waals surface area contributed by atoms with Gasteiger partial charge in [-0.2, -0.15) is 4.31 Å². The van der Waals surface area contributed by atoms with Crippen molar-refractivity contribution in [2.24, 2.45) is 0 Å². The molecule has 0 aliphatic rings. The number of carbonyl (C=O) groups is 1. The van der Waals surface area contributed by atoms with Crippen molar-refractivity contribution in [2.75, 3.05) is 18.4 Å². The van der Waals surface area contributed by atoms with Crippen molar-refractivity contribution in [1.82, 2.24) is 4.31 Å². The van der Waals surface area contributed by atoms with Crippen molar-refractivity contribution in [3.05, 3.63) is 83.7 Å². The van der Waals surface area contributed by atoms with Crippen LogP contribution in [0.5, 0.6) is 11.5 Å². The number of hydrogen-bond donors (Lipinski definition) is 1. The van der Waals surface area contributed by atoms with Crippen molar-refractivity contribution >= 4 is 21.6 Å². The zero-order chi connectivity index (χ0) is 24.2. The van der Waals surface area contributed by atoms with E-state index in [1.54, 1.807) is 13.8 Å². The summed E-state index contributed by atoms with van der Waals surface area (Å²) in [5.74, 6) is -3.09. The zero-order valence-corrected chi connectivity index (χ0v) is 18.6. The number of nitrogens with one attached hydrogen (secondary N) is 1. The van der Waals surface area contributed by atoms with Gasteiger partial charge < -0.3 is 10.1 Å². The maximum atomic E-state index is 14.1. The molecule has 10 heteroatoms. The maximum Gasteiger partial charge on any atom is 0.258 e. The summed E-state index contributed by atoms with van der Waals surface area (Å²) < 4.78 is 73.3. The first kappa shape index (κ1) is 24.3. The quantitative estimate of drug-likeness (QED) is 0.484. The van der Waals surface area contributed by atoms with E-state index in [-0.39, 0.29) is 35.2 Å². The van der Waals surface area contributed by atoms with Crippen molar-refractivity contribution < 1.29 is 31.1 Å². The molecule has 0 radical (unpaired) electrons. The predicted molar refractivity (Wildman–Crippen MR) is 117 cm³/mol. The molecule has 174 valence electrons. The van der Waals surface area contributed by atoms with Gasteiger partial charge in [-0.3, -0.25) is 4.79 Å². The van der Waals surface area contributed by atoms with E-state index in [4.69, 9.17) is 4.74 Å². The number of rotatable bonds is 8. The lowest BCUT2D eigenvalue weighted by Gasteiger charge is -2.20. The highest BCUT2D eigenvalue weighted by molar-refractivity contribution is 7.89. The van der Waals surface area contributed by atoms with Crippen LogP contribution in [0.15, 0.2) is 65.6 Å². The van der Waals surface area contributed by atoms with Gasteiger partial charge in [-0.05, 0) is 54.6 Å². The average molecular weight is 478 g/mol. The Balaban J connectivity index is 2.04. The first-order valence-corrected chi connectivity index (χ1v) is 11.4. The largest absolute Gasteiger partial charge is 0.455 e.